The first-order valence-electron chi connectivity index (χ1n) is 9.17. The highest BCUT2D eigenvalue weighted by Gasteiger charge is 2.16. The molecule has 2 aromatic rings. The van der Waals surface area contributed by atoms with Crippen LogP contribution in [0.2, 0.25) is 0 Å². The fourth-order valence-corrected chi connectivity index (χ4v) is 2.96. The third-order valence-electron chi connectivity index (χ3n) is 4.55. The van der Waals surface area contributed by atoms with E-state index in [-0.39, 0.29) is 30.1 Å². The fraction of sp³-hybridized carbons (Fsp3) is 0.364. The Labute approximate surface area is 160 Å². The lowest BCUT2D eigenvalue weighted by Gasteiger charge is -2.22. The Morgan fingerprint density at radius 2 is 1.78 bits per heavy atom. The zero-order chi connectivity index (χ0) is 20.0. The number of nitrogens with one attached hydrogen (secondary N) is 1. The lowest BCUT2D eigenvalue weighted by atomic mass is 9.98. The van der Waals surface area contributed by atoms with Gasteiger partial charge < -0.3 is 10.2 Å². The summed E-state index contributed by atoms with van der Waals surface area (Å²) in [6.07, 6.45) is 0.564. The topological polar surface area (TPSA) is 49.4 Å². The third kappa shape index (κ3) is 5.91. The maximum atomic E-state index is 13.0. The molecule has 0 bridgehead atoms. The van der Waals surface area contributed by atoms with Crippen LogP contribution in [0.25, 0.3) is 0 Å². The number of carbonyl (C=O) groups is 2. The number of benzene rings is 2. The molecule has 4 nitrogen and oxygen atoms in total. The highest BCUT2D eigenvalue weighted by Crippen LogP contribution is 2.27. The van der Waals surface area contributed by atoms with Gasteiger partial charge in [0.05, 0.1) is 6.54 Å². The van der Waals surface area contributed by atoms with Gasteiger partial charge in [-0.05, 0) is 48.1 Å². The van der Waals surface area contributed by atoms with E-state index in [1.807, 2.05) is 25.1 Å². The number of hydrogen-bond donors (Lipinski definition) is 1. The van der Waals surface area contributed by atoms with E-state index in [1.165, 1.54) is 24.0 Å². The van der Waals surface area contributed by atoms with Gasteiger partial charge in [-0.2, -0.15) is 0 Å². The van der Waals surface area contributed by atoms with Gasteiger partial charge in [0.15, 0.2) is 0 Å². The minimum atomic E-state index is -0.291. The van der Waals surface area contributed by atoms with Crippen LogP contribution in [0, 0.1) is 12.7 Å². The van der Waals surface area contributed by atoms with Gasteiger partial charge in [-0.3, -0.25) is 9.59 Å². The number of nitrogens with zero attached hydrogens (tertiary/aromatic N) is 1. The molecule has 144 valence electrons. The first kappa shape index (κ1) is 20.6. The molecule has 0 unspecified atom stereocenters. The van der Waals surface area contributed by atoms with Gasteiger partial charge in [0.2, 0.25) is 11.8 Å². The van der Waals surface area contributed by atoms with Crippen LogP contribution in [-0.4, -0.2) is 29.8 Å². The molecule has 0 saturated heterocycles. The number of rotatable bonds is 7. The van der Waals surface area contributed by atoms with E-state index in [0.29, 0.717) is 13.0 Å². The van der Waals surface area contributed by atoms with Crippen molar-refractivity contribution in [3.8, 4) is 0 Å². The predicted octanol–water partition coefficient (Wildman–Crippen LogP) is 4.29. The van der Waals surface area contributed by atoms with Crippen LogP contribution < -0.4 is 5.32 Å². The quantitative estimate of drug-likeness (QED) is 0.790. The molecule has 0 aliphatic heterocycles. The molecule has 0 aromatic heterocycles. The van der Waals surface area contributed by atoms with Gasteiger partial charge in [0.25, 0.3) is 0 Å². The smallest absolute Gasteiger partial charge is 0.244 e. The van der Waals surface area contributed by atoms with Crippen LogP contribution in [0.1, 0.15) is 43.4 Å². The van der Waals surface area contributed by atoms with Gasteiger partial charge in [0.1, 0.15) is 5.82 Å². The summed E-state index contributed by atoms with van der Waals surface area (Å²) in [5, 5.41) is 2.97. The Balaban J connectivity index is 2.03. The second-order valence-corrected chi connectivity index (χ2v) is 7.06. The molecule has 2 amide bonds. The molecule has 2 rings (SSSR count). The van der Waals surface area contributed by atoms with Gasteiger partial charge >= 0.3 is 0 Å². The normalized spacial score (nSPS) is 10.7. The maximum Gasteiger partial charge on any atom is 0.244 e. The van der Waals surface area contributed by atoms with E-state index in [4.69, 9.17) is 0 Å². The molecule has 5 heteroatoms. The Morgan fingerprint density at radius 1 is 1.11 bits per heavy atom. The van der Waals surface area contributed by atoms with Crippen LogP contribution in [0.5, 0.6) is 0 Å². The van der Waals surface area contributed by atoms with Crippen molar-refractivity contribution in [1.29, 1.82) is 0 Å². The van der Waals surface area contributed by atoms with Crippen LogP contribution in [0.15, 0.2) is 42.5 Å². The molecule has 0 saturated carbocycles. The van der Waals surface area contributed by atoms with Crippen LogP contribution >= 0.6 is 0 Å². The number of aryl methyl sites for hydroxylation is 1. The molecule has 0 atom stereocenters. The summed E-state index contributed by atoms with van der Waals surface area (Å²) in [4.78, 5) is 26.0. The molecule has 0 aliphatic rings. The van der Waals surface area contributed by atoms with Crippen molar-refractivity contribution in [2.75, 3.05) is 18.4 Å². The van der Waals surface area contributed by atoms with E-state index in [2.05, 4.69) is 19.2 Å². The van der Waals surface area contributed by atoms with Crippen LogP contribution in [-0.2, 0) is 16.0 Å². The molecule has 0 radical (unpaired) electrons. The van der Waals surface area contributed by atoms with Crippen molar-refractivity contribution in [3.63, 3.8) is 0 Å². The number of amides is 2. The summed E-state index contributed by atoms with van der Waals surface area (Å²) < 4.78 is 13.0. The van der Waals surface area contributed by atoms with E-state index in [0.717, 1.165) is 22.4 Å². The average Bonchev–Trinajstić information content (AvgIpc) is 2.61. The molecule has 0 aliphatic carbocycles. The second-order valence-electron chi connectivity index (χ2n) is 7.06. The third-order valence-corrected chi connectivity index (χ3v) is 4.55. The lowest BCUT2D eigenvalue weighted by molar-refractivity contribution is -0.132. The summed E-state index contributed by atoms with van der Waals surface area (Å²) in [6, 6.07) is 12.1. The molecular formula is C22H27FN2O2. The van der Waals surface area contributed by atoms with E-state index < -0.39 is 0 Å². The number of carbonyl (C=O) groups excluding carboxylic acids is 2. The van der Waals surface area contributed by atoms with Crippen molar-refractivity contribution >= 4 is 17.5 Å². The van der Waals surface area contributed by atoms with Crippen LogP contribution in [0.3, 0.4) is 0 Å². The zero-order valence-corrected chi connectivity index (χ0v) is 16.4. The van der Waals surface area contributed by atoms with Crippen LogP contribution in [0.4, 0.5) is 10.1 Å². The summed E-state index contributed by atoms with van der Waals surface area (Å²) in [5.74, 6) is -0.398. The van der Waals surface area contributed by atoms with Gasteiger partial charge in [-0.1, -0.05) is 44.2 Å². The van der Waals surface area contributed by atoms with Gasteiger partial charge in [0, 0.05) is 19.2 Å². The Morgan fingerprint density at radius 3 is 2.37 bits per heavy atom. The first-order valence-corrected chi connectivity index (χ1v) is 9.17. The molecule has 1 N–H and O–H groups in total. The number of para-hydroxylation sites is 1. The fourth-order valence-electron chi connectivity index (χ4n) is 2.96. The van der Waals surface area contributed by atoms with Gasteiger partial charge in [-0.25, -0.2) is 4.39 Å². The standard InChI is InChI=1S/C22H27FN2O2/c1-15(2)20-7-5-6-16(3)22(20)24-21(27)14-25(17(4)26)13-12-18-8-10-19(23)11-9-18/h5-11,15H,12-14H2,1-4H3,(H,24,27). The van der Waals surface area contributed by atoms with E-state index >= 15 is 0 Å². The lowest BCUT2D eigenvalue weighted by Crippen LogP contribution is -2.38. The number of halogens is 1. The molecule has 0 heterocycles. The number of hydrogen-bond acceptors (Lipinski definition) is 2. The molecule has 2 aromatic carbocycles. The van der Waals surface area contributed by atoms with Crippen molar-refractivity contribution < 1.29 is 14.0 Å². The molecule has 27 heavy (non-hydrogen) atoms. The van der Waals surface area contributed by atoms with Crippen molar-refractivity contribution in [2.24, 2.45) is 0 Å². The van der Waals surface area contributed by atoms with E-state index in [9.17, 15) is 14.0 Å². The minimum Gasteiger partial charge on any atom is -0.333 e. The van der Waals surface area contributed by atoms with Crippen molar-refractivity contribution in [1.82, 2.24) is 4.90 Å². The highest BCUT2D eigenvalue weighted by atomic mass is 19.1. The molecular weight excluding hydrogens is 343 g/mol. The second kappa shape index (κ2) is 9.31. The summed E-state index contributed by atoms with van der Waals surface area (Å²) in [7, 11) is 0. The minimum absolute atomic E-state index is 0.0115. The summed E-state index contributed by atoms with van der Waals surface area (Å²) >= 11 is 0. The van der Waals surface area contributed by atoms with Crippen molar-refractivity contribution in [3.05, 3.63) is 65.0 Å². The summed E-state index contributed by atoms with van der Waals surface area (Å²) in [5.41, 5.74) is 3.81. The Kier molecular flexibility index (Phi) is 7.11. The predicted molar refractivity (Wildman–Crippen MR) is 106 cm³/mol. The van der Waals surface area contributed by atoms with E-state index in [1.54, 1.807) is 12.1 Å². The SMILES string of the molecule is CC(=O)N(CCc1ccc(F)cc1)CC(=O)Nc1c(C)cccc1C(C)C. The molecule has 0 fully saturated rings. The highest BCUT2D eigenvalue weighted by molar-refractivity contribution is 5.95. The molecule has 0 spiro atoms. The maximum absolute atomic E-state index is 13.0. The monoisotopic (exact) mass is 370 g/mol. The largest absolute Gasteiger partial charge is 0.333 e. The summed E-state index contributed by atoms with van der Waals surface area (Å²) in [6.45, 7) is 7.95. The Hall–Kier alpha value is -2.69. The van der Waals surface area contributed by atoms with Crippen molar-refractivity contribution in [2.45, 2.75) is 40.0 Å². The number of anilines is 1. The Bertz CT molecular complexity index is 800. The van der Waals surface area contributed by atoms with Gasteiger partial charge in [-0.15, -0.1) is 0 Å². The average molecular weight is 370 g/mol. The zero-order valence-electron chi connectivity index (χ0n) is 16.4. The first-order chi connectivity index (χ1) is 12.8.